The lowest BCUT2D eigenvalue weighted by atomic mass is 9.96. The first-order chi connectivity index (χ1) is 13.3. The molecule has 2 aromatic carbocycles. The Hall–Kier alpha value is -2.17. The minimum absolute atomic E-state index is 0.0325. The summed E-state index contributed by atoms with van der Waals surface area (Å²) in [5.74, 6) is 0.528. The number of nitrogens with zero attached hydrogens (tertiary/aromatic N) is 2. The van der Waals surface area contributed by atoms with Crippen LogP contribution in [0.1, 0.15) is 18.4 Å². The van der Waals surface area contributed by atoms with Crippen molar-refractivity contribution in [2.45, 2.75) is 19.3 Å². The van der Waals surface area contributed by atoms with Gasteiger partial charge in [-0.3, -0.25) is 4.79 Å². The second-order valence-corrected chi connectivity index (χ2v) is 7.32. The first-order valence-corrected chi connectivity index (χ1v) is 9.87. The van der Waals surface area contributed by atoms with Crippen molar-refractivity contribution in [1.82, 2.24) is 4.90 Å². The fraction of sp³-hybridized carbons (Fsp3) is 0.435. The highest BCUT2D eigenvalue weighted by Crippen LogP contribution is 2.22. The number of ether oxygens (including phenoxy) is 1. The van der Waals surface area contributed by atoms with Gasteiger partial charge >= 0.3 is 0 Å². The Morgan fingerprint density at radius 2 is 1.81 bits per heavy atom. The van der Waals surface area contributed by atoms with Crippen LogP contribution in [0.2, 0.25) is 0 Å². The lowest BCUT2D eigenvalue weighted by molar-refractivity contribution is -0.122. The molecule has 144 valence electrons. The summed E-state index contributed by atoms with van der Waals surface area (Å²) in [6.07, 6.45) is 3.45. The molecule has 0 radical (unpaired) electrons. The van der Waals surface area contributed by atoms with Gasteiger partial charge in [0.2, 0.25) is 0 Å². The molecule has 1 fully saturated rings. The van der Waals surface area contributed by atoms with Crippen molar-refractivity contribution in [2.24, 2.45) is 5.92 Å². The molecule has 1 aliphatic heterocycles. The van der Waals surface area contributed by atoms with E-state index in [-0.39, 0.29) is 12.5 Å². The van der Waals surface area contributed by atoms with Gasteiger partial charge in [0.25, 0.3) is 5.91 Å². The van der Waals surface area contributed by atoms with Crippen LogP contribution in [0.4, 0.5) is 5.69 Å². The Morgan fingerprint density at radius 3 is 2.52 bits per heavy atom. The second kappa shape index (κ2) is 10.2. The minimum Gasteiger partial charge on any atom is -0.375 e. The molecule has 0 aromatic heterocycles. The molecule has 0 N–H and O–H groups in total. The predicted octanol–water partition coefficient (Wildman–Crippen LogP) is 3.62. The third-order valence-electron chi connectivity index (χ3n) is 5.24. The molecular weight excluding hydrogens is 336 g/mol. The first-order valence-electron chi connectivity index (χ1n) is 9.87. The van der Waals surface area contributed by atoms with Crippen LogP contribution in [0.3, 0.4) is 0 Å². The summed E-state index contributed by atoms with van der Waals surface area (Å²) >= 11 is 0. The average Bonchev–Trinajstić information content (AvgIpc) is 2.72. The highest BCUT2D eigenvalue weighted by molar-refractivity contribution is 5.94. The fourth-order valence-electron chi connectivity index (χ4n) is 3.85. The Labute approximate surface area is 162 Å². The molecule has 1 saturated heterocycles. The average molecular weight is 367 g/mol. The van der Waals surface area contributed by atoms with Crippen molar-refractivity contribution < 1.29 is 9.53 Å². The van der Waals surface area contributed by atoms with Crippen molar-refractivity contribution in [3.63, 3.8) is 0 Å². The van der Waals surface area contributed by atoms with Crippen LogP contribution in [-0.4, -0.2) is 50.7 Å². The molecule has 4 nitrogen and oxygen atoms in total. The highest BCUT2D eigenvalue weighted by atomic mass is 16.5. The molecule has 0 bridgehead atoms. The van der Waals surface area contributed by atoms with Crippen molar-refractivity contribution in [3.05, 3.63) is 66.2 Å². The van der Waals surface area contributed by atoms with Crippen molar-refractivity contribution >= 4 is 11.6 Å². The molecule has 27 heavy (non-hydrogen) atoms. The Bertz CT molecular complexity index is 690. The van der Waals surface area contributed by atoms with Crippen LogP contribution in [0.25, 0.3) is 0 Å². The van der Waals surface area contributed by atoms with Gasteiger partial charge in [-0.2, -0.15) is 0 Å². The van der Waals surface area contributed by atoms with Gasteiger partial charge in [-0.05, 0) is 49.4 Å². The topological polar surface area (TPSA) is 32.8 Å². The zero-order valence-corrected chi connectivity index (χ0v) is 16.2. The van der Waals surface area contributed by atoms with E-state index in [2.05, 4.69) is 35.2 Å². The number of methoxy groups -OCH3 is 1. The van der Waals surface area contributed by atoms with Crippen LogP contribution in [0, 0.1) is 5.92 Å². The second-order valence-electron chi connectivity index (χ2n) is 7.32. The molecular formula is C23H30N2O2. The van der Waals surface area contributed by atoms with Crippen molar-refractivity contribution in [1.29, 1.82) is 0 Å². The molecule has 1 aliphatic rings. The molecule has 1 atom stereocenters. The summed E-state index contributed by atoms with van der Waals surface area (Å²) in [6, 6.07) is 20.6. The number of likely N-dealkylation sites (tertiary alicyclic amines) is 1. The largest absolute Gasteiger partial charge is 0.375 e. The van der Waals surface area contributed by atoms with E-state index in [1.165, 1.54) is 18.4 Å². The van der Waals surface area contributed by atoms with E-state index in [0.29, 0.717) is 5.92 Å². The number of carbonyl (C=O) groups excluding carboxylic acids is 1. The highest BCUT2D eigenvalue weighted by Gasteiger charge is 2.25. The molecule has 0 saturated carbocycles. The molecule has 2 aromatic rings. The quantitative estimate of drug-likeness (QED) is 0.715. The van der Waals surface area contributed by atoms with Crippen molar-refractivity contribution in [2.75, 3.05) is 44.8 Å². The summed E-state index contributed by atoms with van der Waals surface area (Å²) < 4.78 is 5.10. The van der Waals surface area contributed by atoms with Crippen LogP contribution < -0.4 is 4.90 Å². The normalized spacial score (nSPS) is 17.6. The third kappa shape index (κ3) is 5.91. The lowest BCUT2D eigenvalue weighted by Gasteiger charge is -2.35. The van der Waals surface area contributed by atoms with E-state index >= 15 is 0 Å². The molecule has 0 aliphatic carbocycles. The third-order valence-corrected chi connectivity index (χ3v) is 5.24. The van der Waals surface area contributed by atoms with Gasteiger partial charge in [0.1, 0.15) is 6.61 Å². The van der Waals surface area contributed by atoms with Crippen LogP contribution in [0.5, 0.6) is 0 Å². The van der Waals surface area contributed by atoms with E-state index in [1.54, 1.807) is 7.11 Å². The van der Waals surface area contributed by atoms with Gasteiger partial charge in [0.05, 0.1) is 0 Å². The van der Waals surface area contributed by atoms with E-state index in [1.807, 2.05) is 35.2 Å². The zero-order valence-electron chi connectivity index (χ0n) is 16.2. The standard InChI is InChI=1S/C23H30N2O2/c1-27-19-23(26)25(22-12-6-3-7-13-22)18-21-11-8-15-24(17-21)16-14-20-9-4-2-5-10-20/h2-7,9-10,12-13,21H,8,11,14-19H2,1H3. The Kier molecular flexibility index (Phi) is 7.43. The van der Waals surface area contributed by atoms with Gasteiger partial charge in [0, 0.05) is 32.4 Å². The number of carbonyl (C=O) groups is 1. The van der Waals surface area contributed by atoms with E-state index in [0.717, 1.165) is 38.3 Å². The summed E-state index contributed by atoms with van der Waals surface area (Å²) in [6.45, 7) is 4.17. The molecule has 1 amide bonds. The number of hydrogen-bond acceptors (Lipinski definition) is 3. The number of para-hydroxylation sites is 1. The van der Waals surface area contributed by atoms with Gasteiger partial charge in [-0.25, -0.2) is 0 Å². The lowest BCUT2D eigenvalue weighted by Crippen LogP contribution is -2.44. The fourth-order valence-corrected chi connectivity index (χ4v) is 3.85. The van der Waals surface area contributed by atoms with Gasteiger partial charge < -0.3 is 14.5 Å². The first kappa shape index (κ1) is 19.6. The monoisotopic (exact) mass is 366 g/mol. The maximum Gasteiger partial charge on any atom is 0.252 e. The minimum atomic E-state index is 0.0325. The maximum atomic E-state index is 12.6. The van der Waals surface area contributed by atoms with Crippen molar-refractivity contribution in [3.8, 4) is 0 Å². The number of benzene rings is 2. The van der Waals surface area contributed by atoms with Crippen LogP contribution in [0.15, 0.2) is 60.7 Å². The number of rotatable bonds is 8. The molecule has 1 unspecified atom stereocenters. The Balaban J connectivity index is 1.59. The summed E-state index contributed by atoms with van der Waals surface area (Å²) in [7, 11) is 1.58. The smallest absolute Gasteiger partial charge is 0.252 e. The summed E-state index contributed by atoms with van der Waals surface area (Å²) in [5, 5.41) is 0. The van der Waals surface area contributed by atoms with Crippen LogP contribution in [-0.2, 0) is 16.0 Å². The number of amides is 1. The Morgan fingerprint density at radius 1 is 1.11 bits per heavy atom. The van der Waals surface area contributed by atoms with E-state index in [9.17, 15) is 4.79 Å². The molecule has 4 heteroatoms. The summed E-state index contributed by atoms with van der Waals surface area (Å²) in [4.78, 5) is 17.0. The molecule has 0 spiro atoms. The van der Waals surface area contributed by atoms with Gasteiger partial charge in [-0.15, -0.1) is 0 Å². The van der Waals surface area contributed by atoms with Crippen LogP contribution >= 0.6 is 0 Å². The number of hydrogen-bond donors (Lipinski definition) is 0. The van der Waals surface area contributed by atoms with E-state index < -0.39 is 0 Å². The predicted molar refractivity (Wildman–Crippen MR) is 110 cm³/mol. The van der Waals surface area contributed by atoms with E-state index in [4.69, 9.17) is 4.74 Å². The number of piperidine rings is 1. The zero-order chi connectivity index (χ0) is 18.9. The summed E-state index contributed by atoms with van der Waals surface area (Å²) in [5.41, 5.74) is 2.35. The van der Waals surface area contributed by atoms with Gasteiger partial charge in [0.15, 0.2) is 0 Å². The molecule has 3 rings (SSSR count). The maximum absolute atomic E-state index is 12.6. The number of anilines is 1. The SMILES string of the molecule is COCC(=O)N(CC1CCCN(CCc2ccccc2)C1)c1ccccc1. The van der Waals surface area contributed by atoms with Gasteiger partial charge in [-0.1, -0.05) is 48.5 Å². The molecule has 1 heterocycles.